The highest BCUT2D eigenvalue weighted by molar-refractivity contribution is 5.77. The van der Waals surface area contributed by atoms with Crippen LogP contribution in [0.3, 0.4) is 0 Å². The van der Waals surface area contributed by atoms with Crippen LogP contribution in [0, 0.1) is 22.2 Å². The second-order valence-corrected chi connectivity index (χ2v) is 8.89. The summed E-state index contributed by atoms with van der Waals surface area (Å²) in [6, 6.07) is 0. The van der Waals surface area contributed by atoms with Crippen molar-refractivity contribution in [2.75, 3.05) is 7.11 Å². The van der Waals surface area contributed by atoms with Gasteiger partial charge in [0.15, 0.2) is 0 Å². The molecule has 4 atom stereocenters. The van der Waals surface area contributed by atoms with Gasteiger partial charge in [0.1, 0.15) is 0 Å². The summed E-state index contributed by atoms with van der Waals surface area (Å²) < 4.78 is 5.20. The van der Waals surface area contributed by atoms with Gasteiger partial charge in [-0.25, -0.2) is 0 Å². The van der Waals surface area contributed by atoms with Crippen LogP contribution in [0.5, 0.6) is 0 Å². The zero-order valence-electron chi connectivity index (χ0n) is 15.3. The van der Waals surface area contributed by atoms with Gasteiger partial charge in [-0.15, -0.1) is 6.58 Å². The van der Waals surface area contributed by atoms with Gasteiger partial charge in [0.05, 0.1) is 12.5 Å². The lowest BCUT2D eigenvalue weighted by Crippen LogP contribution is -2.51. The largest absolute Gasteiger partial charge is 0.469 e. The van der Waals surface area contributed by atoms with E-state index in [2.05, 4.69) is 33.4 Å². The highest BCUT2D eigenvalue weighted by atomic mass is 16.5. The average Bonchev–Trinajstić information content (AvgIpc) is 2.53. The second kappa shape index (κ2) is 5.50. The van der Waals surface area contributed by atoms with E-state index in [0.717, 1.165) is 25.7 Å². The van der Waals surface area contributed by atoms with Crippen molar-refractivity contribution < 1.29 is 9.53 Å². The molecule has 0 heterocycles. The standard InChI is InChI=1S/C21H32O2/c1-6-19(2)13-10-16-15(14-19)8-9-17-20(16,3)11-7-12-21(17,4)18(22)23-5/h6,17H,1,7-14H2,2-5H3/t17-,19-,20-,21-/m1/s1. The Morgan fingerprint density at radius 2 is 1.96 bits per heavy atom. The van der Waals surface area contributed by atoms with Gasteiger partial charge in [-0.1, -0.05) is 37.5 Å². The molecular formula is C21H32O2. The molecule has 0 aromatic heterocycles. The SMILES string of the molecule is C=C[C@]1(C)CCC2=C(CC[C@H]3[C@](C)(C(=O)OC)CCC[C@]23C)C1. The van der Waals surface area contributed by atoms with Crippen LogP contribution in [0.2, 0.25) is 0 Å². The molecule has 0 aromatic carbocycles. The average molecular weight is 316 g/mol. The first-order valence-electron chi connectivity index (χ1n) is 9.22. The Hall–Kier alpha value is -1.05. The van der Waals surface area contributed by atoms with Gasteiger partial charge in [0.2, 0.25) is 0 Å². The van der Waals surface area contributed by atoms with Crippen molar-refractivity contribution in [2.45, 2.75) is 72.1 Å². The van der Waals surface area contributed by atoms with Crippen molar-refractivity contribution in [1.29, 1.82) is 0 Å². The number of methoxy groups -OCH3 is 1. The minimum atomic E-state index is -0.306. The number of hydrogen-bond acceptors (Lipinski definition) is 2. The number of carbonyl (C=O) groups is 1. The fourth-order valence-electron chi connectivity index (χ4n) is 6.04. The van der Waals surface area contributed by atoms with Crippen molar-refractivity contribution in [3.8, 4) is 0 Å². The molecule has 0 aliphatic heterocycles. The van der Waals surface area contributed by atoms with Gasteiger partial charge in [-0.2, -0.15) is 0 Å². The Kier molecular flexibility index (Phi) is 4.01. The highest BCUT2D eigenvalue weighted by Gasteiger charge is 2.56. The normalized spacial score (nSPS) is 43.4. The molecule has 1 saturated carbocycles. The lowest BCUT2D eigenvalue weighted by molar-refractivity contribution is -0.163. The summed E-state index contributed by atoms with van der Waals surface area (Å²) >= 11 is 0. The van der Waals surface area contributed by atoms with Gasteiger partial charge in [-0.05, 0) is 68.6 Å². The summed E-state index contributed by atoms with van der Waals surface area (Å²) in [5.74, 6) is 0.437. The maximum Gasteiger partial charge on any atom is 0.311 e. The van der Waals surface area contributed by atoms with Crippen molar-refractivity contribution in [3.05, 3.63) is 23.8 Å². The van der Waals surface area contributed by atoms with E-state index >= 15 is 0 Å². The number of ether oxygens (including phenoxy) is 1. The highest BCUT2D eigenvalue weighted by Crippen LogP contribution is 2.63. The van der Waals surface area contributed by atoms with Crippen LogP contribution in [-0.4, -0.2) is 13.1 Å². The van der Waals surface area contributed by atoms with Crippen molar-refractivity contribution in [1.82, 2.24) is 0 Å². The van der Waals surface area contributed by atoms with Gasteiger partial charge < -0.3 is 4.74 Å². The Balaban J connectivity index is 1.99. The summed E-state index contributed by atoms with van der Waals surface area (Å²) in [7, 11) is 1.54. The van der Waals surface area contributed by atoms with Crippen molar-refractivity contribution in [2.24, 2.45) is 22.2 Å². The number of carbonyl (C=O) groups excluding carboxylic acids is 1. The number of esters is 1. The Morgan fingerprint density at radius 3 is 2.61 bits per heavy atom. The molecule has 2 heteroatoms. The molecule has 0 unspecified atom stereocenters. The third kappa shape index (κ3) is 2.40. The summed E-state index contributed by atoms with van der Waals surface area (Å²) in [6.07, 6.45) is 11.3. The number of hydrogen-bond donors (Lipinski definition) is 0. The lowest BCUT2D eigenvalue weighted by Gasteiger charge is -2.56. The van der Waals surface area contributed by atoms with E-state index in [-0.39, 0.29) is 22.2 Å². The molecule has 3 aliphatic rings. The van der Waals surface area contributed by atoms with Gasteiger partial charge in [0.25, 0.3) is 0 Å². The van der Waals surface area contributed by atoms with Crippen LogP contribution in [0.4, 0.5) is 0 Å². The van der Waals surface area contributed by atoms with Crippen LogP contribution in [0.1, 0.15) is 72.1 Å². The van der Waals surface area contributed by atoms with Crippen molar-refractivity contribution >= 4 is 5.97 Å². The molecule has 2 nitrogen and oxygen atoms in total. The minimum Gasteiger partial charge on any atom is -0.469 e. The molecule has 128 valence electrons. The molecule has 0 bridgehead atoms. The Labute approximate surface area is 141 Å². The quantitative estimate of drug-likeness (QED) is 0.501. The molecule has 0 amide bonds. The lowest BCUT2D eigenvalue weighted by atomic mass is 9.47. The maximum absolute atomic E-state index is 12.5. The third-order valence-corrected chi connectivity index (χ3v) is 7.49. The summed E-state index contributed by atoms with van der Waals surface area (Å²) in [4.78, 5) is 12.5. The third-order valence-electron chi connectivity index (χ3n) is 7.49. The van der Waals surface area contributed by atoms with Crippen LogP contribution in [0.15, 0.2) is 23.8 Å². The van der Waals surface area contributed by atoms with E-state index in [1.54, 1.807) is 18.3 Å². The van der Waals surface area contributed by atoms with Crippen LogP contribution >= 0.6 is 0 Å². The first-order chi connectivity index (χ1) is 10.8. The Bertz CT molecular complexity index is 560. The second-order valence-electron chi connectivity index (χ2n) is 8.89. The molecule has 0 spiro atoms. The zero-order valence-corrected chi connectivity index (χ0v) is 15.3. The smallest absolute Gasteiger partial charge is 0.311 e. The molecule has 0 saturated heterocycles. The fourth-order valence-corrected chi connectivity index (χ4v) is 6.04. The summed E-state index contributed by atoms with van der Waals surface area (Å²) in [6.45, 7) is 11.0. The first kappa shape index (κ1) is 16.8. The van der Waals surface area contributed by atoms with Crippen molar-refractivity contribution in [3.63, 3.8) is 0 Å². The molecular weight excluding hydrogens is 284 g/mol. The molecule has 0 aromatic rings. The van der Waals surface area contributed by atoms with Gasteiger partial charge in [0, 0.05) is 0 Å². The predicted molar refractivity (Wildman–Crippen MR) is 94.0 cm³/mol. The number of allylic oxidation sites excluding steroid dienone is 3. The first-order valence-corrected chi connectivity index (χ1v) is 9.22. The summed E-state index contributed by atoms with van der Waals surface area (Å²) in [5, 5.41) is 0. The van der Waals surface area contributed by atoms with Gasteiger partial charge in [-0.3, -0.25) is 4.79 Å². The topological polar surface area (TPSA) is 26.3 Å². The van der Waals surface area contributed by atoms with E-state index in [1.807, 2.05) is 0 Å². The zero-order chi connectivity index (χ0) is 16.9. The van der Waals surface area contributed by atoms with Gasteiger partial charge >= 0.3 is 5.97 Å². The van der Waals surface area contributed by atoms with Crippen LogP contribution < -0.4 is 0 Å². The molecule has 0 radical (unpaired) electrons. The maximum atomic E-state index is 12.5. The van der Waals surface area contributed by atoms with E-state index in [1.165, 1.54) is 25.7 Å². The molecule has 1 fully saturated rings. The predicted octanol–water partition coefficient (Wildman–Crippen LogP) is 5.44. The number of rotatable bonds is 2. The molecule has 3 rings (SSSR count). The Morgan fingerprint density at radius 1 is 1.22 bits per heavy atom. The van der Waals surface area contributed by atoms with E-state index < -0.39 is 0 Å². The minimum absolute atomic E-state index is 0.00390. The van der Waals surface area contributed by atoms with E-state index in [9.17, 15) is 4.79 Å². The number of fused-ring (bicyclic) bond motifs is 2. The monoisotopic (exact) mass is 316 g/mol. The van der Waals surface area contributed by atoms with Crippen LogP contribution in [0.25, 0.3) is 0 Å². The molecule has 3 aliphatic carbocycles. The fraction of sp³-hybridized carbons (Fsp3) is 0.762. The van der Waals surface area contributed by atoms with E-state index in [4.69, 9.17) is 4.74 Å². The van der Waals surface area contributed by atoms with E-state index in [0.29, 0.717) is 5.92 Å². The van der Waals surface area contributed by atoms with Crippen LogP contribution in [-0.2, 0) is 9.53 Å². The molecule has 23 heavy (non-hydrogen) atoms. The summed E-state index contributed by atoms with van der Waals surface area (Å²) in [5.41, 5.74) is 3.51. The molecule has 0 N–H and O–H groups in total.